The number of halogens is 2. The Hall–Kier alpha value is -2.85. The second kappa shape index (κ2) is 8.67. The lowest BCUT2D eigenvalue weighted by molar-refractivity contribution is 0.227. The van der Waals surface area contributed by atoms with Crippen molar-refractivity contribution < 1.29 is 21.6 Å². The molecular weight excluding hydrogens is 476 g/mol. The van der Waals surface area contributed by atoms with E-state index in [2.05, 4.69) is 5.10 Å². The van der Waals surface area contributed by atoms with Gasteiger partial charge < -0.3 is 4.42 Å². The fourth-order valence-electron chi connectivity index (χ4n) is 5.26. The molecule has 1 saturated carbocycles. The van der Waals surface area contributed by atoms with Crippen LogP contribution in [0.3, 0.4) is 0 Å². The predicted molar refractivity (Wildman–Crippen MR) is 125 cm³/mol. The molecule has 35 heavy (non-hydrogen) atoms. The average molecular weight is 504 g/mol. The van der Waals surface area contributed by atoms with Crippen molar-refractivity contribution in [3.63, 3.8) is 0 Å². The number of sulfonamides is 1. The minimum absolute atomic E-state index is 0.0349. The Morgan fingerprint density at radius 1 is 1.11 bits per heavy atom. The van der Waals surface area contributed by atoms with Gasteiger partial charge in [-0.25, -0.2) is 22.0 Å². The predicted octanol–water partition coefficient (Wildman–Crippen LogP) is 4.18. The van der Waals surface area contributed by atoms with Crippen molar-refractivity contribution >= 4 is 10.0 Å². The Bertz CT molecular complexity index is 1410. The highest BCUT2D eigenvalue weighted by Gasteiger charge is 2.48. The Morgan fingerprint density at radius 2 is 1.83 bits per heavy atom. The Kier molecular flexibility index (Phi) is 5.91. The van der Waals surface area contributed by atoms with Gasteiger partial charge in [0.05, 0.1) is 5.41 Å². The lowest BCUT2D eigenvalue weighted by atomic mass is 9.64. The van der Waals surface area contributed by atoms with Gasteiger partial charge in [-0.3, -0.25) is 0 Å². The largest absolute Gasteiger partial charge is 0.436 e. The van der Waals surface area contributed by atoms with E-state index in [0.717, 1.165) is 23.2 Å². The van der Waals surface area contributed by atoms with E-state index >= 15 is 8.78 Å². The molecule has 1 aliphatic carbocycles. The van der Waals surface area contributed by atoms with E-state index < -0.39 is 38.1 Å². The third kappa shape index (κ3) is 3.92. The van der Waals surface area contributed by atoms with Gasteiger partial charge in [0.2, 0.25) is 15.9 Å². The molecule has 1 aromatic heterocycles. The molecule has 186 valence electrons. The molecule has 2 aliphatic rings. The summed E-state index contributed by atoms with van der Waals surface area (Å²) in [5, 5.41) is 3.37. The molecule has 2 atom stereocenters. The first kappa shape index (κ1) is 23.9. The number of benzene rings is 2. The first-order valence-corrected chi connectivity index (χ1v) is 13.2. The first-order valence-electron chi connectivity index (χ1n) is 11.7. The normalized spacial score (nSPS) is 23.7. The number of aryl methyl sites for hydroxylation is 1. The van der Waals surface area contributed by atoms with E-state index in [1.165, 1.54) is 11.4 Å². The highest BCUT2D eigenvalue weighted by Crippen LogP contribution is 2.49. The van der Waals surface area contributed by atoms with Crippen LogP contribution in [0.15, 0.2) is 51.7 Å². The third-order valence-corrected chi connectivity index (χ3v) is 9.85. The van der Waals surface area contributed by atoms with Crippen LogP contribution in [0, 0.1) is 11.6 Å². The topological polar surface area (TPSA) is 85.4 Å². The highest BCUT2D eigenvalue weighted by molar-refractivity contribution is 7.89. The van der Waals surface area contributed by atoms with Crippen LogP contribution in [0.2, 0.25) is 0 Å². The van der Waals surface area contributed by atoms with Crippen molar-refractivity contribution in [2.24, 2.45) is 7.05 Å². The standard InChI is InChI=1S/C25H27F2N3O4S/c1-16-9-10-22(17-7-4-3-5-8-17)35(32,33)30(16)15-18-13-21(27)19(14-20(18)26)25(11-6-12-25)23-28-29(2)24(31)34-23/h3-5,7-8,13-14,16,22H,6,9-12,15H2,1-2H3/t16-,22+/m0/s1. The SMILES string of the molecule is C[C@H]1CC[C@H](c2ccccc2)S(=O)(=O)N1Cc1cc(F)c(C2(c3nn(C)c(=O)o3)CCC2)cc1F. The zero-order chi connectivity index (χ0) is 25.0. The molecule has 2 fully saturated rings. The summed E-state index contributed by atoms with van der Waals surface area (Å²) < 4.78 is 65.3. The molecule has 5 rings (SSSR count). The molecule has 0 unspecified atom stereocenters. The summed E-state index contributed by atoms with van der Waals surface area (Å²) >= 11 is 0. The summed E-state index contributed by atoms with van der Waals surface area (Å²) in [5.74, 6) is -1.97. The van der Waals surface area contributed by atoms with Gasteiger partial charge >= 0.3 is 5.76 Å². The van der Waals surface area contributed by atoms with Gasteiger partial charge in [0.1, 0.15) is 16.9 Å². The first-order chi connectivity index (χ1) is 16.6. The molecule has 0 amide bonds. The van der Waals surface area contributed by atoms with E-state index in [4.69, 9.17) is 4.42 Å². The summed E-state index contributed by atoms with van der Waals surface area (Å²) in [6, 6.07) is 10.8. The van der Waals surface area contributed by atoms with Crippen molar-refractivity contribution in [1.29, 1.82) is 0 Å². The second-order valence-corrected chi connectivity index (χ2v) is 11.6. The molecule has 2 aromatic carbocycles. The zero-order valence-electron chi connectivity index (χ0n) is 19.6. The van der Waals surface area contributed by atoms with Gasteiger partial charge in [0.15, 0.2) is 0 Å². The maximum absolute atomic E-state index is 15.4. The van der Waals surface area contributed by atoms with Gasteiger partial charge in [0.25, 0.3) is 0 Å². The summed E-state index contributed by atoms with van der Waals surface area (Å²) in [6.07, 6.45) is 2.78. The molecule has 2 heterocycles. The zero-order valence-corrected chi connectivity index (χ0v) is 20.4. The molecule has 3 aromatic rings. The number of hydrogen-bond donors (Lipinski definition) is 0. The van der Waals surface area contributed by atoms with Crippen molar-refractivity contribution in [2.45, 2.75) is 62.3 Å². The smallest absolute Gasteiger partial charge is 0.391 e. The van der Waals surface area contributed by atoms with E-state index in [9.17, 15) is 13.2 Å². The fraction of sp³-hybridized carbons (Fsp3) is 0.440. The minimum atomic E-state index is -3.79. The van der Waals surface area contributed by atoms with Crippen LogP contribution in [0.5, 0.6) is 0 Å². The Labute approximate surface area is 202 Å². The van der Waals surface area contributed by atoms with Crippen molar-refractivity contribution in [2.75, 3.05) is 0 Å². The van der Waals surface area contributed by atoms with E-state index in [0.29, 0.717) is 31.2 Å². The highest BCUT2D eigenvalue weighted by atomic mass is 32.2. The molecule has 0 bridgehead atoms. The lowest BCUT2D eigenvalue weighted by Gasteiger charge is -2.39. The van der Waals surface area contributed by atoms with Gasteiger partial charge in [-0.05, 0) is 50.3 Å². The third-order valence-electron chi connectivity index (χ3n) is 7.48. The molecule has 0 spiro atoms. The van der Waals surface area contributed by atoms with Gasteiger partial charge in [-0.15, -0.1) is 5.10 Å². The quantitative estimate of drug-likeness (QED) is 0.522. The van der Waals surface area contributed by atoms with Crippen LogP contribution >= 0.6 is 0 Å². The number of nitrogens with zero attached hydrogens (tertiary/aromatic N) is 3. The second-order valence-electron chi connectivity index (χ2n) is 9.57. The molecular formula is C25H27F2N3O4S. The van der Waals surface area contributed by atoms with Crippen molar-refractivity contribution in [3.05, 3.63) is 87.2 Å². The monoisotopic (exact) mass is 503 g/mol. The minimum Gasteiger partial charge on any atom is -0.391 e. The van der Waals surface area contributed by atoms with Crippen LogP contribution < -0.4 is 5.76 Å². The van der Waals surface area contributed by atoms with Gasteiger partial charge in [0, 0.05) is 30.8 Å². The molecule has 7 nitrogen and oxygen atoms in total. The fourth-order valence-corrected chi connectivity index (χ4v) is 7.45. The van der Waals surface area contributed by atoms with E-state index in [1.54, 1.807) is 31.2 Å². The average Bonchev–Trinajstić information content (AvgIpc) is 3.12. The maximum Gasteiger partial charge on any atom is 0.436 e. The van der Waals surface area contributed by atoms with Crippen LogP contribution in [0.25, 0.3) is 0 Å². The molecule has 1 saturated heterocycles. The molecule has 10 heteroatoms. The lowest BCUT2D eigenvalue weighted by Crippen LogP contribution is -2.45. The van der Waals surface area contributed by atoms with Crippen LogP contribution in [-0.4, -0.2) is 28.5 Å². The summed E-state index contributed by atoms with van der Waals surface area (Å²) in [6.45, 7) is 1.52. The van der Waals surface area contributed by atoms with E-state index in [1.807, 2.05) is 6.07 Å². The maximum atomic E-state index is 15.4. The van der Waals surface area contributed by atoms with E-state index in [-0.39, 0.29) is 29.6 Å². The summed E-state index contributed by atoms with van der Waals surface area (Å²) in [4.78, 5) is 11.8. The van der Waals surface area contributed by atoms with Crippen LogP contribution in [0.4, 0.5) is 8.78 Å². The number of aromatic nitrogens is 2. The van der Waals surface area contributed by atoms with Gasteiger partial charge in [-0.1, -0.05) is 36.8 Å². The summed E-state index contributed by atoms with van der Waals surface area (Å²) in [5.41, 5.74) is -0.279. The Balaban J connectivity index is 1.48. The van der Waals surface area contributed by atoms with Crippen molar-refractivity contribution in [3.8, 4) is 0 Å². The Morgan fingerprint density at radius 3 is 2.43 bits per heavy atom. The van der Waals surface area contributed by atoms with Crippen LogP contribution in [0.1, 0.15) is 66.9 Å². The molecule has 0 N–H and O–H groups in total. The molecule has 0 radical (unpaired) electrons. The van der Waals surface area contributed by atoms with Gasteiger partial charge in [-0.2, -0.15) is 8.99 Å². The van der Waals surface area contributed by atoms with Crippen molar-refractivity contribution in [1.82, 2.24) is 14.1 Å². The van der Waals surface area contributed by atoms with Crippen LogP contribution in [-0.2, 0) is 29.0 Å². The summed E-state index contributed by atoms with van der Waals surface area (Å²) in [7, 11) is -2.35. The number of rotatable bonds is 5. The molecule has 1 aliphatic heterocycles. The number of hydrogen-bond acceptors (Lipinski definition) is 5.